The fourth-order valence-electron chi connectivity index (χ4n) is 1.54. The number of allylic oxidation sites excluding steroid dienone is 2. The van der Waals surface area contributed by atoms with Crippen LogP contribution in [-0.4, -0.2) is 11.6 Å². The molecule has 2 nitrogen and oxygen atoms in total. The van der Waals surface area contributed by atoms with E-state index in [2.05, 4.69) is 6.92 Å². The lowest BCUT2D eigenvalue weighted by Crippen LogP contribution is -2.20. The van der Waals surface area contributed by atoms with Gasteiger partial charge in [-0.2, -0.15) is 0 Å². The van der Waals surface area contributed by atoms with Crippen LogP contribution in [0, 0.1) is 5.41 Å². The minimum absolute atomic E-state index is 0.0690. The van der Waals surface area contributed by atoms with Gasteiger partial charge in [-0.3, -0.25) is 4.79 Å². The molecule has 2 heteroatoms. The summed E-state index contributed by atoms with van der Waals surface area (Å²) in [4.78, 5) is 21.7. The van der Waals surface area contributed by atoms with Crippen LogP contribution in [0.2, 0.25) is 0 Å². The molecule has 0 saturated heterocycles. The highest BCUT2D eigenvalue weighted by atomic mass is 16.1. The van der Waals surface area contributed by atoms with E-state index in [0.29, 0.717) is 12.8 Å². The van der Waals surface area contributed by atoms with Gasteiger partial charge in [0.2, 0.25) is 0 Å². The zero-order valence-corrected chi connectivity index (χ0v) is 8.30. The van der Waals surface area contributed by atoms with Gasteiger partial charge in [0, 0.05) is 12.8 Å². The Morgan fingerprint density at radius 3 is 2.77 bits per heavy atom. The third kappa shape index (κ3) is 3.13. The molecule has 0 saturated carbocycles. The Morgan fingerprint density at radius 2 is 2.31 bits per heavy atom. The quantitative estimate of drug-likeness (QED) is 0.667. The molecule has 1 aliphatic rings. The Balaban J connectivity index is 2.52. The van der Waals surface area contributed by atoms with E-state index in [1.807, 2.05) is 6.08 Å². The molecule has 0 heterocycles. The highest BCUT2D eigenvalue weighted by Crippen LogP contribution is 2.33. The second-order valence-electron chi connectivity index (χ2n) is 4.16. The molecule has 0 fully saturated rings. The molecule has 0 aliphatic heterocycles. The average molecular weight is 180 g/mol. The minimum atomic E-state index is 0.0690. The van der Waals surface area contributed by atoms with Crippen LogP contribution in [0.4, 0.5) is 0 Å². The number of ketones is 2. The Morgan fingerprint density at radius 1 is 1.62 bits per heavy atom. The number of carbonyl (C=O) groups excluding carboxylic acids is 2. The molecular formula is C11H16O2. The van der Waals surface area contributed by atoms with Crippen LogP contribution in [0.1, 0.15) is 39.5 Å². The molecule has 1 unspecified atom stereocenters. The fraction of sp³-hybridized carbons (Fsp3) is 0.636. The first-order valence-electron chi connectivity index (χ1n) is 4.73. The smallest absolute Gasteiger partial charge is 0.155 e. The molecule has 1 rings (SSSR count). The summed E-state index contributed by atoms with van der Waals surface area (Å²) in [6.07, 6.45) is 6.62. The summed E-state index contributed by atoms with van der Waals surface area (Å²) in [7, 11) is 0. The van der Waals surface area contributed by atoms with Gasteiger partial charge in [-0.25, -0.2) is 0 Å². The first-order valence-corrected chi connectivity index (χ1v) is 4.73. The first kappa shape index (κ1) is 10.2. The van der Waals surface area contributed by atoms with E-state index >= 15 is 0 Å². The van der Waals surface area contributed by atoms with Crippen molar-refractivity contribution < 1.29 is 9.59 Å². The molecule has 0 aromatic rings. The van der Waals surface area contributed by atoms with Crippen LogP contribution >= 0.6 is 0 Å². The van der Waals surface area contributed by atoms with Crippen molar-refractivity contribution in [2.75, 3.05) is 0 Å². The van der Waals surface area contributed by atoms with Crippen molar-refractivity contribution in [3.63, 3.8) is 0 Å². The lowest BCUT2D eigenvalue weighted by molar-refractivity contribution is -0.117. The summed E-state index contributed by atoms with van der Waals surface area (Å²) in [5.41, 5.74) is 0.0690. The lowest BCUT2D eigenvalue weighted by Gasteiger charge is -2.27. The van der Waals surface area contributed by atoms with Crippen LogP contribution in [0.3, 0.4) is 0 Å². The molecule has 0 aromatic carbocycles. The average Bonchev–Trinajstić information content (AvgIpc) is 2.08. The molecule has 1 atom stereocenters. The zero-order valence-electron chi connectivity index (χ0n) is 8.30. The molecular weight excluding hydrogens is 164 g/mol. The molecule has 0 radical (unpaired) electrons. The molecule has 13 heavy (non-hydrogen) atoms. The molecule has 1 aliphatic carbocycles. The third-order valence-electron chi connectivity index (χ3n) is 2.66. The summed E-state index contributed by atoms with van der Waals surface area (Å²) in [6, 6.07) is 0. The highest BCUT2D eigenvalue weighted by molar-refractivity contribution is 5.90. The first-order chi connectivity index (χ1) is 6.02. The van der Waals surface area contributed by atoms with Gasteiger partial charge < -0.3 is 4.79 Å². The topological polar surface area (TPSA) is 34.1 Å². The predicted octanol–water partition coefficient (Wildman–Crippen LogP) is 2.28. The molecule has 0 bridgehead atoms. The van der Waals surface area contributed by atoms with Crippen molar-refractivity contribution in [2.45, 2.75) is 39.5 Å². The van der Waals surface area contributed by atoms with E-state index in [-0.39, 0.29) is 17.0 Å². The van der Waals surface area contributed by atoms with Gasteiger partial charge in [0.15, 0.2) is 5.78 Å². The number of hydrogen-bond acceptors (Lipinski definition) is 2. The van der Waals surface area contributed by atoms with Gasteiger partial charge in [0.25, 0.3) is 0 Å². The monoisotopic (exact) mass is 180 g/mol. The Hall–Kier alpha value is -0.920. The fourth-order valence-corrected chi connectivity index (χ4v) is 1.54. The minimum Gasteiger partial charge on any atom is -0.300 e. The number of rotatable bonds is 3. The van der Waals surface area contributed by atoms with Gasteiger partial charge in [0.1, 0.15) is 5.78 Å². The van der Waals surface area contributed by atoms with Gasteiger partial charge in [-0.1, -0.05) is 13.0 Å². The number of hydrogen-bond donors (Lipinski definition) is 0. The standard InChI is InChI=1S/C11H16O2/c1-9(12)3-6-11(2)7-4-10(13)5-8-11/h4,7H,3,5-6,8H2,1-2H3. The van der Waals surface area contributed by atoms with E-state index in [1.54, 1.807) is 13.0 Å². The van der Waals surface area contributed by atoms with Crippen LogP contribution in [0.5, 0.6) is 0 Å². The summed E-state index contributed by atoms with van der Waals surface area (Å²) in [5.74, 6) is 0.437. The maximum absolute atomic E-state index is 10.9. The van der Waals surface area contributed by atoms with Crippen LogP contribution in [0.15, 0.2) is 12.2 Å². The lowest BCUT2D eigenvalue weighted by atomic mass is 9.77. The molecule has 0 amide bonds. The van der Waals surface area contributed by atoms with Gasteiger partial charge in [-0.05, 0) is 31.3 Å². The predicted molar refractivity (Wildman–Crippen MR) is 51.4 cm³/mol. The second-order valence-corrected chi connectivity index (χ2v) is 4.16. The van der Waals surface area contributed by atoms with Crippen molar-refractivity contribution in [2.24, 2.45) is 5.41 Å². The molecule has 0 N–H and O–H groups in total. The Bertz CT molecular complexity index is 253. The van der Waals surface area contributed by atoms with Gasteiger partial charge in [0.05, 0.1) is 0 Å². The summed E-state index contributed by atoms with van der Waals surface area (Å²) >= 11 is 0. The Labute approximate surface area is 79.0 Å². The van der Waals surface area contributed by atoms with Crippen LogP contribution in [-0.2, 0) is 9.59 Å². The molecule has 0 aromatic heterocycles. The second kappa shape index (κ2) is 3.86. The van der Waals surface area contributed by atoms with Gasteiger partial charge in [-0.15, -0.1) is 0 Å². The summed E-state index contributed by atoms with van der Waals surface area (Å²) in [6.45, 7) is 3.72. The van der Waals surface area contributed by atoms with Crippen LogP contribution in [0.25, 0.3) is 0 Å². The zero-order chi connectivity index (χ0) is 9.90. The largest absolute Gasteiger partial charge is 0.300 e. The van der Waals surface area contributed by atoms with E-state index in [4.69, 9.17) is 0 Å². The van der Waals surface area contributed by atoms with Crippen molar-refractivity contribution in [3.8, 4) is 0 Å². The maximum atomic E-state index is 10.9. The number of Topliss-reactive ketones (excluding diaryl/α,β-unsaturated/α-hetero) is 1. The molecule has 72 valence electrons. The van der Waals surface area contributed by atoms with Crippen molar-refractivity contribution >= 4 is 11.6 Å². The summed E-state index contributed by atoms with van der Waals surface area (Å²) in [5, 5.41) is 0. The van der Waals surface area contributed by atoms with Crippen molar-refractivity contribution in [1.82, 2.24) is 0 Å². The summed E-state index contributed by atoms with van der Waals surface area (Å²) < 4.78 is 0. The maximum Gasteiger partial charge on any atom is 0.155 e. The van der Waals surface area contributed by atoms with Crippen LogP contribution < -0.4 is 0 Å². The third-order valence-corrected chi connectivity index (χ3v) is 2.66. The van der Waals surface area contributed by atoms with E-state index in [0.717, 1.165) is 12.8 Å². The number of carbonyl (C=O) groups is 2. The molecule has 0 spiro atoms. The highest BCUT2D eigenvalue weighted by Gasteiger charge is 2.25. The van der Waals surface area contributed by atoms with Crippen molar-refractivity contribution in [1.29, 1.82) is 0 Å². The SMILES string of the molecule is CC(=O)CCC1(C)C=CC(=O)CC1. The van der Waals surface area contributed by atoms with Gasteiger partial charge >= 0.3 is 0 Å². The van der Waals surface area contributed by atoms with Crippen molar-refractivity contribution in [3.05, 3.63) is 12.2 Å². The Kier molecular flexibility index (Phi) is 3.02. The van der Waals surface area contributed by atoms with E-state index in [1.165, 1.54) is 0 Å². The van der Waals surface area contributed by atoms with E-state index in [9.17, 15) is 9.59 Å². The van der Waals surface area contributed by atoms with E-state index < -0.39 is 0 Å². The normalized spacial score (nSPS) is 27.7.